The van der Waals surface area contributed by atoms with Gasteiger partial charge in [-0.25, -0.2) is 4.79 Å². The topological polar surface area (TPSA) is 81.8 Å². The summed E-state index contributed by atoms with van der Waals surface area (Å²) < 4.78 is 5.20. The molecular weight excluding hydrogens is 210 g/mol. The van der Waals surface area contributed by atoms with Crippen molar-refractivity contribution < 1.29 is 19.5 Å². The Morgan fingerprint density at radius 3 is 2.62 bits per heavy atom. The summed E-state index contributed by atoms with van der Waals surface area (Å²) >= 11 is 0. The van der Waals surface area contributed by atoms with Crippen LogP contribution < -0.4 is 5.90 Å². The van der Waals surface area contributed by atoms with E-state index in [1.807, 2.05) is 0 Å². The van der Waals surface area contributed by atoms with Crippen molar-refractivity contribution in [1.29, 1.82) is 0 Å². The lowest BCUT2D eigenvalue weighted by atomic mass is 10.2. The van der Waals surface area contributed by atoms with Crippen molar-refractivity contribution in [3.8, 4) is 0 Å². The lowest BCUT2D eigenvalue weighted by Gasteiger charge is -2.06. The molecule has 0 aliphatic carbocycles. The summed E-state index contributed by atoms with van der Waals surface area (Å²) in [6.07, 6.45) is 5.49. The maximum Gasteiger partial charge on any atom is 0.373 e. The third-order valence-electron chi connectivity index (χ3n) is 1.92. The Balaban J connectivity index is 3.84. The largest absolute Gasteiger partial charge is 0.494 e. The van der Waals surface area contributed by atoms with Gasteiger partial charge in [-0.3, -0.25) is 0 Å². The van der Waals surface area contributed by atoms with Gasteiger partial charge >= 0.3 is 5.97 Å². The van der Waals surface area contributed by atoms with Crippen molar-refractivity contribution in [2.75, 3.05) is 6.61 Å². The van der Waals surface area contributed by atoms with E-state index in [4.69, 9.17) is 15.7 Å². The minimum Gasteiger partial charge on any atom is -0.494 e. The molecule has 0 saturated carbocycles. The summed E-state index contributed by atoms with van der Waals surface area (Å²) in [5.74, 6) is 3.36. The third kappa shape index (κ3) is 6.89. The van der Waals surface area contributed by atoms with Crippen LogP contribution in [0.4, 0.5) is 0 Å². The maximum atomic E-state index is 10.5. The van der Waals surface area contributed by atoms with Crippen molar-refractivity contribution in [1.82, 2.24) is 0 Å². The van der Waals surface area contributed by atoms with Gasteiger partial charge in [-0.05, 0) is 6.42 Å². The minimum absolute atomic E-state index is 0.236. The number of hydrogen-bond donors (Lipinski definition) is 2. The van der Waals surface area contributed by atoms with Crippen molar-refractivity contribution in [3.05, 3.63) is 24.2 Å². The number of carbonyl (C=O) groups is 1. The highest BCUT2D eigenvalue weighted by Gasteiger charge is 2.08. The molecule has 0 aliphatic rings. The molecule has 3 N–H and O–H groups in total. The number of ether oxygens (including phenoxy) is 1. The number of hydrogen-bond acceptors (Lipinski definition) is 4. The Bertz CT molecular complexity index is 261. The fourth-order valence-corrected chi connectivity index (χ4v) is 1.07. The summed E-state index contributed by atoms with van der Waals surface area (Å²) in [5, 5.41) is 8.59. The van der Waals surface area contributed by atoms with Crippen LogP contribution in [0.1, 0.15) is 32.6 Å². The molecule has 0 bridgehead atoms. The van der Waals surface area contributed by atoms with Gasteiger partial charge in [0.2, 0.25) is 5.76 Å². The quantitative estimate of drug-likeness (QED) is 0.208. The summed E-state index contributed by atoms with van der Waals surface area (Å²) in [6, 6.07) is 0. The van der Waals surface area contributed by atoms with Crippen LogP contribution >= 0.6 is 0 Å². The zero-order chi connectivity index (χ0) is 12.4. The Labute approximate surface area is 95.5 Å². The van der Waals surface area contributed by atoms with Gasteiger partial charge < -0.3 is 14.7 Å². The van der Waals surface area contributed by atoms with Gasteiger partial charge in [0.25, 0.3) is 0 Å². The first-order chi connectivity index (χ1) is 7.61. The van der Waals surface area contributed by atoms with Crippen molar-refractivity contribution in [2.45, 2.75) is 32.6 Å². The summed E-state index contributed by atoms with van der Waals surface area (Å²) in [6.45, 7) is 6.19. The number of nitrogens with two attached hydrogens (primary N) is 1. The number of allylic oxidation sites excluding steroid dienone is 1. The number of rotatable bonds is 9. The van der Waals surface area contributed by atoms with Gasteiger partial charge in [0, 0.05) is 6.08 Å². The number of carboxylic acids is 1. The summed E-state index contributed by atoms with van der Waals surface area (Å²) in [7, 11) is 0. The molecule has 0 fully saturated rings. The second-order valence-electron chi connectivity index (χ2n) is 3.31. The summed E-state index contributed by atoms with van der Waals surface area (Å²) in [4.78, 5) is 14.7. The molecule has 0 aromatic carbocycles. The van der Waals surface area contributed by atoms with Crippen LogP contribution in [0.5, 0.6) is 0 Å². The number of aliphatic carboxylic acids is 1. The van der Waals surface area contributed by atoms with E-state index in [1.54, 1.807) is 0 Å². The van der Waals surface area contributed by atoms with Crippen LogP contribution in [-0.2, 0) is 14.4 Å². The Morgan fingerprint density at radius 2 is 2.12 bits per heavy atom. The molecule has 0 aromatic rings. The molecule has 0 heterocycles. The van der Waals surface area contributed by atoms with Gasteiger partial charge in [-0.2, -0.15) is 5.90 Å². The number of carboxylic acid groups (broad SMARTS) is 1. The molecular formula is C11H19NO4. The highest BCUT2D eigenvalue weighted by Crippen LogP contribution is 2.05. The second-order valence-corrected chi connectivity index (χ2v) is 3.31. The molecule has 16 heavy (non-hydrogen) atoms. The van der Waals surface area contributed by atoms with Crippen LogP contribution in [0.2, 0.25) is 0 Å². The zero-order valence-electron chi connectivity index (χ0n) is 9.57. The van der Waals surface area contributed by atoms with Crippen molar-refractivity contribution >= 4 is 5.97 Å². The predicted octanol–water partition coefficient (Wildman–Crippen LogP) is 1.96. The molecule has 5 nitrogen and oxygen atoms in total. The smallest absolute Gasteiger partial charge is 0.373 e. The van der Waals surface area contributed by atoms with E-state index < -0.39 is 11.7 Å². The van der Waals surface area contributed by atoms with E-state index in [9.17, 15) is 4.79 Å². The average Bonchev–Trinajstić information content (AvgIpc) is 2.25. The zero-order valence-corrected chi connectivity index (χ0v) is 9.57. The SMILES string of the molecule is C=C(/C=C(\ON)C(=O)O)OCCCCCC. The Hall–Kier alpha value is -1.49. The first-order valence-electron chi connectivity index (χ1n) is 5.25. The fourth-order valence-electron chi connectivity index (χ4n) is 1.07. The molecule has 0 aliphatic heterocycles. The van der Waals surface area contributed by atoms with Crippen LogP contribution in [0.15, 0.2) is 24.2 Å². The highest BCUT2D eigenvalue weighted by atomic mass is 16.6. The fraction of sp³-hybridized carbons (Fsp3) is 0.545. The van der Waals surface area contributed by atoms with Crippen LogP contribution in [0, 0.1) is 0 Å². The molecule has 5 heteroatoms. The van der Waals surface area contributed by atoms with E-state index in [0.29, 0.717) is 6.61 Å². The second kappa shape index (κ2) is 8.79. The normalized spacial score (nSPS) is 11.0. The standard InChI is InChI=1S/C11H19NO4/c1-3-4-5-6-7-15-9(2)8-10(16-12)11(13)14/h8H,2-7,12H2,1H3,(H,13,14)/b10-8-. The monoisotopic (exact) mass is 229 g/mol. The molecule has 0 saturated heterocycles. The molecule has 0 spiro atoms. The lowest BCUT2D eigenvalue weighted by Crippen LogP contribution is -2.09. The molecule has 0 radical (unpaired) electrons. The van der Waals surface area contributed by atoms with Gasteiger partial charge in [-0.15, -0.1) is 0 Å². The van der Waals surface area contributed by atoms with Gasteiger partial charge in [0.05, 0.1) is 6.61 Å². The Morgan fingerprint density at radius 1 is 1.44 bits per heavy atom. The Kier molecular flexibility index (Phi) is 7.97. The molecule has 0 aromatic heterocycles. The molecule has 0 amide bonds. The van der Waals surface area contributed by atoms with Crippen LogP contribution in [-0.4, -0.2) is 17.7 Å². The van der Waals surface area contributed by atoms with E-state index in [-0.39, 0.29) is 5.76 Å². The molecule has 92 valence electrons. The third-order valence-corrected chi connectivity index (χ3v) is 1.92. The lowest BCUT2D eigenvalue weighted by molar-refractivity contribution is -0.136. The first kappa shape index (κ1) is 14.5. The van der Waals surface area contributed by atoms with Crippen LogP contribution in [0.25, 0.3) is 0 Å². The summed E-state index contributed by atoms with van der Waals surface area (Å²) in [5.41, 5.74) is 0. The predicted molar refractivity (Wildman–Crippen MR) is 60.2 cm³/mol. The van der Waals surface area contributed by atoms with E-state index in [1.165, 1.54) is 0 Å². The van der Waals surface area contributed by atoms with Gasteiger partial charge in [-0.1, -0.05) is 32.8 Å². The molecule has 0 unspecified atom stereocenters. The van der Waals surface area contributed by atoms with E-state index in [2.05, 4.69) is 18.3 Å². The average molecular weight is 229 g/mol. The van der Waals surface area contributed by atoms with E-state index >= 15 is 0 Å². The van der Waals surface area contributed by atoms with Crippen molar-refractivity contribution in [2.24, 2.45) is 5.90 Å². The molecule has 0 rings (SSSR count). The minimum atomic E-state index is -1.25. The van der Waals surface area contributed by atoms with Crippen molar-refractivity contribution in [3.63, 3.8) is 0 Å². The maximum absolute atomic E-state index is 10.5. The van der Waals surface area contributed by atoms with Gasteiger partial charge in [0.1, 0.15) is 5.76 Å². The highest BCUT2D eigenvalue weighted by molar-refractivity contribution is 5.84. The number of unbranched alkanes of at least 4 members (excludes halogenated alkanes) is 3. The van der Waals surface area contributed by atoms with Crippen LogP contribution in [0.3, 0.4) is 0 Å². The van der Waals surface area contributed by atoms with E-state index in [0.717, 1.165) is 31.8 Å². The molecule has 0 atom stereocenters. The first-order valence-corrected chi connectivity index (χ1v) is 5.25. The van der Waals surface area contributed by atoms with Gasteiger partial charge in [0.15, 0.2) is 0 Å².